The summed E-state index contributed by atoms with van der Waals surface area (Å²) in [5.74, 6) is -0.460. The Morgan fingerprint density at radius 3 is 2.12 bits per heavy atom. The van der Waals surface area contributed by atoms with Crippen LogP contribution in [0.15, 0.2) is 54.6 Å². The van der Waals surface area contributed by atoms with Crippen molar-refractivity contribution in [2.24, 2.45) is 5.73 Å². The first-order valence-corrected chi connectivity index (χ1v) is 9.99. The van der Waals surface area contributed by atoms with Gasteiger partial charge in [-0.1, -0.05) is 54.6 Å². The van der Waals surface area contributed by atoms with Crippen LogP contribution in [-0.2, 0) is 38.7 Å². The van der Waals surface area contributed by atoms with E-state index in [9.17, 15) is 9.59 Å². The molecule has 0 heterocycles. The highest BCUT2D eigenvalue weighted by Gasteiger charge is 2.25. The molecular weight excluding hydrogens is 414 g/mol. The lowest BCUT2D eigenvalue weighted by molar-refractivity contribution is -0.136. The number of hydroxylamine groups is 1. The number of benzene rings is 2. The number of alkyl carbamates (subject to hydrolysis) is 1. The van der Waals surface area contributed by atoms with Crippen molar-refractivity contribution in [2.75, 3.05) is 0 Å². The monoisotopic (exact) mass is 445 g/mol. The Morgan fingerprint density at radius 2 is 1.59 bits per heavy atom. The molecular formula is C23H31N3O6. The van der Waals surface area contributed by atoms with E-state index in [0.717, 1.165) is 16.7 Å². The largest absolute Gasteiger partial charge is 0.483 e. The number of nitrogens with one attached hydrogen (secondary N) is 2. The Morgan fingerprint density at radius 1 is 1.03 bits per heavy atom. The summed E-state index contributed by atoms with van der Waals surface area (Å²) in [6.07, 6.45) is -0.355. The van der Waals surface area contributed by atoms with Crippen LogP contribution in [0.1, 0.15) is 37.5 Å². The molecule has 0 aliphatic carbocycles. The highest BCUT2D eigenvalue weighted by atomic mass is 16.7. The van der Waals surface area contributed by atoms with Crippen LogP contribution in [0, 0.1) is 0 Å². The molecule has 0 bridgehead atoms. The fourth-order valence-electron chi connectivity index (χ4n) is 2.54. The van der Waals surface area contributed by atoms with Crippen LogP contribution >= 0.6 is 0 Å². The first-order chi connectivity index (χ1) is 15.2. The minimum Gasteiger partial charge on any atom is -0.483 e. The van der Waals surface area contributed by atoms with Crippen molar-refractivity contribution in [3.05, 3.63) is 71.3 Å². The molecule has 0 radical (unpaired) electrons. The molecule has 0 aromatic heterocycles. The third kappa shape index (κ3) is 11.1. The van der Waals surface area contributed by atoms with Gasteiger partial charge in [0.05, 0.1) is 6.61 Å². The number of carboxylic acid groups (broad SMARTS) is 1. The van der Waals surface area contributed by atoms with Crippen LogP contribution in [0.2, 0.25) is 0 Å². The maximum Gasteiger partial charge on any atom is 0.408 e. The highest BCUT2D eigenvalue weighted by molar-refractivity contribution is 5.85. The third-order valence-electron chi connectivity index (χ3n) is 3.96. The molecule has 0 aliphatic heterocycles. The molecule has 0 saturated carbocycles. The number of hydrogen-bond donors (Lipinski definition) is 4. The lowest BCUT2D eigenvalue weighted by Gasteiger charge is -2.23. The van der Waals surface area contributed by atoms with Crippen LogP contribution in [0.25, 0.3) is 0 Å². The van der Waals surface area contributed by atoms with Crippen molar-refractivity contribution in [3.63, 3.8) is 0 Å². The van der Waals surface area contributed by atoms with E-state index in [1.54, 1.807) is 20.8 Å². The zero-order chi connectivity index (χ0) is 24.0. The zero-order valence-corrected chi connectivity index (χ0v) is 18.5. The van der Waals surface area contributed by atoms with E-state index in [-0.39, 0.29) is 13.1 Å². The number of carbonyl (C=O) groups excluding carboxylic acids is 2. The molecule has 2 rings (SSSR count). The summed E-state index contributed by atoms with van der Waals surface area (Å²) in [7, 11) is 0. The molecule has 1 atom stereocenters. The second-order valence-corrected chi connectivity index (χ2v) is 7.77. The van der Waals surface area contributed by atoms with Gasteiger partial charge in [0, 0.05) is 13.0 Å². The fraction of sp³-hybridized carbons (Fsp3) is 0.348. The first kappa shape index (κ1) is 26.6. The lowest BCUT2D eigenvalue weighted by atomic mass is 10.1. The first-order valence-electron chi connectivity index (χ1n) is 9.99. The molecule has 0 saturated heterocycles. The number of nitrogens with two attached hydrogens (primary N) is 1. The number of ether oxygens (including phenoxy) is 1. The van der Waals surface area contributed by atoms with Crippen molar-refractivity contribution in [1.82, 2.24) is 10.8 Å². The fourth-order valence-corrected chi connectivity index (χ4v) is 2.54. The summed E-state index contributed by atoms with van der Waals surface area (Å²) in [6.45, 7) is 5.70. The van der Waals surface area contributed by atoms with Crippen LogP contribution < -0.4 is 16.5 Å². The summed E-state index contributed by atoms with van der Waals surface area (Å²) >= 11 is 0. The van der Waals surface area contributed by atoms with E-state index < -0.39 is 23.6 Å². The minimum atomic E-state index is -0.841. The Bertz CT molecular complexity index is 835. The van der Waals surface area contributed by atoms with Crippen molar-refractivity contribution < 1.29 is 29.1 Å². The quantitative estimate of drug-likeness (QED) is 0.361. The Hall–Kier alpha value is -3.43. The number of carbonyl (C=O) groups is 3. The van der Waals surface area contributed by atoms with Crippen molar-refractivity contribution >= 4 is 18.5 Å². The summed E-state index contributed by atoms with van der Waals surface area (Å²) in [4.78, 5) is 38.5. The number of amides is 2. The average molecular weight is 446 g/mol. The predicted octanol–water partition coefficient (Wildman–Crippen LogP) is 2.53. The second-order valence-electron chi connectivity index (χ2n) is 7.77. The minimum absolute atomic E-state index is 0.196. The molecule has 2 amide bonds. The molecule has 0 unspecified atom stereocenters. The van der Waals surface area contributed by atoms with Gasteiger partial charge >= 0.3 is 6.09 Å². The molecule has 0 spiro atoms. The maximum atomic E-state index is 12.6. The normalized spacial score (nSPS) is 11.4. The van der Waals surface area contributed by atoms with Gasteiger partial charge < -0.3 is 20.9 Å². The van der Waals surface area contributed by atoms with E-state index in [0.29, 0.717) is 13.0 Å². The van der Waals surface area contributed by atoms with Gasteiger partial charge in [-0.2, -0.15) is 0 Å². The van der Waals surface area contributed by atoms with E-state index >= 15 is 0 Å². The van der Waals surface area contributed by atoms with Crippen molar-refractivity contribution in [1.29, 1.82) is 0 Å². The summed E-state index contributed by atoms with van der Waals surface area (Å²) in [5, 5.41) is 9.51. The van der Waals surface area contributed by atoms with Crippen molar-refractivity contribution in [3.8, 4) is 0 Å². The van der Waals surface area contributed by atoms with Crippen LogP contribution in [0.5, 0.6) is 0 Å². The van der Waals surface area contributed by atoms with E-state index in [1.165, 1.54) is 0 Å². The molecule has 32 heavy (non-hydrogen) atoms. The second kappa shape index (κ2) is 13.8. The van der Waals surface area contributed by atoms with Gasteiger partial charge in [0.15, 0.2) is 0 Å². The number of rotatable bonds is 8. The highest BCUT2D eigenvalue weighted by Crippen LogP contribution is 2.09. The molecule has 5 N–H and O–H groups in total. The van der Waals surface area contributed by atoms with E-state index in [2.05, 4.69) is 10.8 Å². The Kier molecular flexibility index (Phi) is 11.5. The number of hydrogen-bond acceptors (Lipinski definition) is 6. The van der Waals surface area contributed by atoms with Gasteiger partial charge in [0.2, 0.25) is 0 Å². The Balaban J connectivity index is 0.00000161. The summed E-state index contributed by atoms with van der Waals surface area (Å²) < 4.78 is 5.27. The lowest BCUT2D eigenvalue weighted by Crippen LogP contribution is -2.49. The third-order valence-corrected chi connectivity index (χ3v) is 3.96. The molecule has 9 nitrogen and oxygen atoms in total. The molecule has 0 aliphatic rings. The molecule has 174 valence electrons. The van der Waals surface area contributed by atoms with Gasteiger partial charge in [-0.3, -0.25) is 14.4 Å². The maximum absolute atomic E-state index is 12.6. The standard InChI is InChI=1S/C22H29N3O4.CH2O2/c1-22(2,3)29-21(27)24-19(13-16-7-5-4-6-8-16)20(26)25-28-15-18-11-9-17(14-23)10-12-18;2-1-3/h4-12,19H,13-15,23H2,1-3H3,(H,24,27)(H,25,26);1H,(H,2,3)/t19-;/m1./s1. The van der Waals surface area contributed by atoms with Crippen molar-refractivity contribution in [2.45, 2.75) is 52.0 Å². The topological polar surface area (TPSA) is 140 Å². The molecule has 2 aromatic rings. The predicted molar refractivity (Wildman–Crippen MR) is 119 cm³/mol. The van der Waals surface area contributed by atoms with Gasteiger partial charge in [0.1, 0.15) is 11.6 Å². The van der Waals surface area contributed by atoms with E-state index in [4.69, 9.17) is 25.2 Å². The van der Waals surface area contributed by atoms with Gasteiger partial charge in [-0.25, -0.2) is 10.3 Å². The average Bonchev–Trinajstić information content (AvgIpc) is 2.73. The van der Waals surface area contributed by atoms with Gasteiger partial charge in [-0.15, -0.1) is 0 Å². The Labute approximate surface area is 187 Å². The van der Waals surface area contributed by atoms with Crippen LogP contribution in [-0.4, -0.2) is 35.2 Å². The smallest absolute Gasteiger partial charge is 0.408 e. The zero-order valence-electron chi connectivity index (χ0n) is 18.5. The van der Waals surface area contributed by atoms with Crippen LogP contribution in [0.3, 0.4) is 0 Å². The molecule has 2 aromatic carbocycles. The van der Waals surface area contributed by atoms with Gasteiger partial charge in [-0.05, 0) is 37.5 Å². The SMILES string of the molecule is CC(C)(C)OC(=O)N[C@H](Cc1ccccc1)C(=O)NOCc1ccc(CN)cc1.O=CO. The molecule has 0 fully saturated rings. The summed E-state index contributed by atoms with van der Waals surface area (Å²) in [5.41, 5.74) is 10.1. The summed E-state index contributed by atoms with van der Waals surface area (Å²) in [6, 6.07) is 16.1. The van der Waals surface area contributed by atoms with Crippen LogP contribution in [0.4, 0.5) is 4.79 Å². The van der Waals surface area contributed by atoms with E-state index in [1.807, 2.05) is 54.6 Å². The molecule has 9 heteroatoms. The van der Waals surface area contributed by atoms with Gasteiger partial charge in [0.25, 0.3) is 12.4 Å².